The summed E-state index contributed by atoms with van der Waals surface area (Å²) < 4.78 is 2.40. The zero-order chi connectivity index (χ0) is 19.0. The molecule has 136 valence electrons. The van der Waals surface area contributed by atoms with Crippen molar-refractivity contribution in [3.63, 3.8) is 0 Å². The second-order valence-corrected chi connectivity index (χ2v) is 6.91. The van der Waals surface area contributed by atoms with Gasteiger partial charge in [-0.1, -0.05) is 34.1 Å². The van der Waals surface area contributed by atoms with Crippen LogP contribution in [0.15, 0.2) is 57.8 Å². The van der Waals surface area contributed by atoms with Crippen molar-refractivity contribution in [2.45, 2.75) is 13.5 Å². The number of rotatable bonds is 4. The fourth-order valence-electron chi connectivity index (χ4n) is 2.96. The van der Waals surface area contributed by atoms with E-state index < -0.39 is 0 Å². The number of hydrogen-bond donors (Lipinski definition) is 3. The molecule has 0 fully saturated rings. The highest BCUT2D eigenvalue weighted by atomic mass is 79.9. The SMILES string of the molecule is CCn1c(NNC(=O)c2cc3ccc(Br)cc3[nH]2)nc2ccccc2c1=O. The molecule has 2 aromatic carbocycles. The maximum Gasteiger partial charge on any atom is 0.286 e. The number of hydrazine groups is 1. The molecule has 1 amide bonds. The predicted octanol–water partition coefficient (Wildman–Crippen LogP) is 3.42. The zero-order valence-electron chi connectivity index (χ0n) is 14.4. The van der Waals surface area contributed by atoms with Gasteiger partial charge in [0.2, 0.25) is 5.95 Å². The summed E-state index contributed by atoms with van der Waals surface area (Å²) in [7, 11) is 0. The lowest BCUT2D eigenvalue weighted by Gasteiger charge is -2.13. The molecule has 0 atom stereocenters. The quantitative estimate of drug-likeness (QED) is 0.436. The van der Waals surface area contributed by atoms with Crippen molar-refractivity contribution in [1.82, 2.24) is 20.0 Å². The minimum Gasteiger partial charge on any atom is -0.350 e. The van der Waals surface area contributed by atoms with E-state index in [9.17, 15) is 9.59 Å². The summed E-state index contributed by atoms with van der Waals surface area (Å²) in [6, 6.07) is 14.6. The number of aromatic amines is 1. The van der Waals surface area contributed by atoms with Gasteiger partial charge in [0.05, 0.1) is 10.9 Å². The Labute approximate surface area is 162 Å². The van der Waals surface area contributed by atoms with Crippen molar-refractivity contribution in [2.24, 2.45) is 0 Å². The Morgan fingerprint density at radius 1 is 1.22 bits per heavy atom. The summed E-state index contributed by atoms with van der Waals surface area (Å²) in [6.45, 7) is 2.27. The van der Waals surface area contributed by atoms with Gasteiger partial charge in [0.15, 0.2) is 0 Å². The largest absolute Gasteiger partial charge is 0.350 e. The molecular formula is C19H16BrN5O2. The molecule has 3 N–H and O–H groups in total. The number of amides is 1. The van der Waals surface area contributed by atoms with Crippen molar-refractivity contribution in [2.75, 3.05) is 5.43 Å². The third kappa shape index (κ3) is 3.19. The molecule has 0 radical (unpaired) electrons. The fourth-order valence-corrected chi connectivity index (χ4v) is 3.32. The van der Waals surface area contributed by atoms with Crippen molar-refractivity contribution in [3.8, 4) is 0 Å². The number of carbonyl (C=O) groups excluding carboxylic acids is 1. The second-order valence-electron chi connectivity index (χ2n) is 6.00. The highest BCUT2D eigenvalue weighted by Crippen LogP contribution is 2.20. The van der Waals surface area contributed by atoms with Crippen LogP contribution < -0.4 is 16.4 Å². The van der Waals surface area contributed by atoms with Crippen molar-refractivity contribution < 1.29 is 4.79 Å². The van der Waals surface area contributed by atoms with E-state index in [2.05, 4.69) is 36.7 Å². The maximum atomic E-state index is 12.6. The van der Waals surface area contributed by atoms with Gasteiger partial charge in [-0.3, -0.25) is 25.0 Å². The lowest BCUT2D eigenvalue weighted by Crippen LogP contribution is -2.34. The average molecular weight is 426 g/mol. The molecule has 0 saturated carbocycles. The third-order valence-electron chi connectivity index (χ3n) is 4.29. The van der Waals surface area contributed by atoms with Gasteiger partial charge in [-0.25, -0.2) is 4.98 Å². The van der Waals surface area contributed by atoms with Crippen LogP contribution in [-0.2, 0) is 6.54 Å². The number of hydrogen-bond acceptors (Lipinski definition) is 4. The highest BCUT2D eigenvalue weighted by Gasteiger charge is 2.13. The number of para-hydroxylation sites is 1. The summed E-state index contributed by atoms with van der Waals surface area (Å²) in [5, 5.41) is 1.47. The first-order valence-corrected chi connectivity index (χ1v) is 9.20. The number of halogens is 1. The third-order valence-corrected chi connectivity index (χ3v) is 4.79. The number of nitrogens with zero attached hydrogens (tertiary/aromatic N) is 2. The first-order chi connectivity index (χ1) is 13.1. The van der Waals surface area contributed by atoms with Crippen LogP contribution >= 0.6 is 15.9 Å². The monoisotopic (exact) mass is 425 g/mol. The van der Waals surface area contributed by atoms with Crippen LogP contribution in [0.1, 0.15) is 17.4 Å². The van der Waals surface area contributed by atoms with Gasteiger partial charge in [0, 0.05) is 21.9 Å². The summed E-state index contributed by atoms with van der Waals surface area (Å²) in [6.07, 6.45) is 0. The number of aromatic nitrogens is 3. The van der Waals surface area contributed by atoms with Crippen molar-refractivity contribution >= 4 is 49.6 Å². The van der Waals surface area contributed by atoms with Gasteiger partial charge in [-0.15, -0.1) is 0 Å². The Morgan fingerprint density at radius 3 is 2.85 bits per heavy atom. The number of nitrogens with one attached hydrogen (secondary N) is 3. The molecule has 8 heteroatoms. The number of H-pyrrole nitrogens is 1. The van der Waals surface area contributed by atoms with E-state index in [1.807, 2.05) is 31.2 Å². The summed E-state index contributed by atoms with van der Waals surface area (Å²) in [5.74, 6) is -0.0687. The summed E-state index contributed by atoms with van der Waals surface area (Å²) >= 11 is 3.41. The van der Waals surface area contributed by atoms with Crippen molar-refractivity contribution in [1.29, 1.82) is 0 Å². The lowest BCUT2D eigenvalue weighted by atomic mass is 10.2. The molecule has 4 rings (SSSR count). The lowest BCUT2D eigenvalue weighted by molar-refractivity contribution is 0.0958. The highest BCUT2D eigenvalue weighted by molar-refractivity contribution is 9.10. The number of anilines is 1. The van der Waals surface area contributed by atoms with Crippen LogP contribution in [0.3, 0.4) is 0 Å². The molecule has 0 saturated heterocycles. The molecule has 0 aliphatic carbocycles. The Balaban J connectivity index is 1.62. The van der Waals surface area contributed by atoms with Gasteiger partial charge in [-0.05, 0) is 37.3 Å². The Kier molecular flexibility index (Phi) is 4.41. The molecule has 0 bridgehead atoms. The molecule has 0 aliphatic heterocycles. The van der Waals surface area contributed by atoms with E-state index in [0.29, 0.717) is 23.1 Å². The van der Waals surface area contributed by atoms with Gasteiger partial charge < -0.3 is 4.98 Å². The average Bonchev–Trinajstić information content (AvgIpc) is 3.09. The summed E-state index contributed by atoms with van der Waals surface area (Å²) in [4.78, 5) is 32.6. The topological polar surface area (TPSA) is 91.8 Å². The van der Waals surface area contributed by atoms with Crippen LogP contribution in [-0.4, -0.2) is 20.4 Å². The number of carbonyl (C=O) groups is 1. The molecule has 0 unspecified atom stereocenters. The normalized spacial score (nSPS) is 11.0. The molecule has 27 heavy (non-hydrogen) atoms. The summed E-state index contributed by atoms with van der Waals surface area (Å²) in [5.41, 5.74) is 7.04. The molecule has 7 nitrogen and oxygen atoms in total. The first-order valence-electron chi connectivity index (χ1n) is 8.41. The standard InChI is InChI=1S/C19H16BrN5O2/c1-2-25-18(27)13-5-3-4-6-14(13)22-19(25)24-23-17(26)16-9-11-7-8-12(20)10-15(11)21-16/h3-10,21H,2H2,1H3,(H,22,24)(H,23,26). The predicted molar refractivity (Wildman–Crippen MR) is 109 cm³/mol. The van der Waals surface area contributed by atoms with E-state index in [4.69, 9.17) is 0 Å². The van der Waals surface area contributed by atoms with Crippen molar-refractivity contribution in [3.05, 3.63) is 69.1 Å². The van der Waals surface area contributed by atoms with Crippen LogP contribution in [0, 0.1) is 0 Å². The van der Waals surface area contributed by atoms with E-state index in [0.717, 1.165) is 15.4 Å². The van der Waals surface area contributed by atoms with E-state index in [1.165, 1.54) is 4.57 Å². The van der Waals surface area contributed by atoms with Crippen LogP contribution in [0.25, 0.3) is 21.8 Å². The smallest absolute Gasteiger partial charge is 0.286 e. The van der Waals surface area contributed by atoms with Gasteiger partial charge >= 0.3 is 0 Å². The van der Waals surface area contributed by atoms with Crippen LogP contribution in [0.4, 0.5) is 5.95 Å². The van der Waals surface area contributed by atoms with Gasteiger partial charge in [0.1, 0.15) is 5.69 Å². The fraction of sp³-hybridized carbons (Fsp3) is 0.105. The van der Waals surface area contributed by atoms with E-state index in [1.54, 1.807) is 24.3 Å². The Hall–Kier alpha value is -3.13. The second kappa shape index (κ2) is 6.88. The molecular weight excluding hydrogens is 410 g/mol. The number of benzene rings is 2. The molecule has 2 heterocycles. The Morgan fingerprint density at radius 2 is 2.04 bits per heavy atom. The van der Waals surface area contributed by atoms with E-state index >= 15 is 0 Å². The first kappa shape index (κ1) is 17.3. The van der Waals surface area contributed by atoms with Crippen LogP contribution in [0.5, 0.6) is 0 Å². The minimum atomic E-state index is -0.354. The van der Waals surface area contributed by atoms with Gasteiger partial charge in [-0.2, -0.15) is 0 Å². The molecule has 4 aromatic rings. The minimum absolute atomic E-state index is 0.157. The number of fused-ring (bicyclic) bond motifs is 2. The van der Waals surface area contributed by atoms with Gasteiger partial charge in [0.25, 0.3) is 11.5 Å². The molecule has 0 spiro atoms. The van der Waals surface area contributed by atoms with E-state index in [-0.39, 0.29) is 17.4 Å². The molecule has 2 aromatic heterocycles. The Bertz CT molecular complexity index is 1230. The maximum absolute atomic E-state index is 12.6. The van der Waals surface area contributed by atoms with Crippen LogP contribution in [0.2, 0.25) is 0 Å². The molecule has 0 aliphatic rings. The zero-order valence-corrected chi connectivity index (χ0v) is 16.0.